The summed E-state index contributed by atoms with van der Waals surface area (Å²) in [6.07, 6.45) is -2.25. The second-order valence-electron chi connectivity index (χ2n) is 9.70. The highest BCUT2D eigenvalue weighted by atomic mass is 19.4. The Kier molecular flexibility index (Phi) is 5.18. The summed E-state index contributed by atoms with van der Waals surface area (Å²) in [6, 6.07) is 5.11. The van der Waals surface area contributed by atoms with Gasteiger partial charge < -0.3 is 15.5 Å². The fourth-order valence-electron chi connectivity index (χ4n) is 5.95. The van der Waals surface area contributed by atoms with E-state index >= 15 is 0 Å². The summed E-state index contributed by atoms with van der Waals surface area (Å²) in [5.41, 5.74) is 5.93. The Labute approximate surface area is 189 Å². The van der Waals surface area contributed by atoms with Crippen LogP contribution < -0.4 is 5.73 Å². The smallest absolute Gasteiger partial charge is 0.330 e. The van der Waals surface area contributed by atoms with E-state index in [4.69, 9.17) is 5.73 Å². The lowest BCUT2D eigenvalue weighted by molar-refractivity contribution is -0.141. The predicted octanol–water partition coefficient (Wildman–Crippen LogP) is 1.89. The van der Waals surface area contributed by atoms with Crippen molar-refractivity contribution in [2.24, 2.45) is 11.7 Å². The molecule has 4 aliphatic rings. The van der Waals surface area contributed by atoms with E-state index in [1.54, 1.807) is 22.8 Å². The lowest BCUT2D eigenvalue weighted by Crippen LogP contribution is -2.57. The van der Waals surface area contributed by atoms with Gasteiger partial charge in [-0.25, -0.2) is 0 Å². The number of carbonyl (C=O) groups excluding carboxylic acids is 2. The highest BCUT2D eigenvalue weighted by Gasteiger charge is 2.56. The van der Waals surface area contributed by atoms with Crippen LogP contribution in [0.2, 0.25) is 0 Å². The van der Waals surface area contributed by atoms with Gasteiger partial charge in [-0.2, -0.15) is 18.4 Å². The maximum Gasteiger partial charge on any atom is 0.416 e. The summed E-state index contributed by atoms with van der Waals surface area (Å²) in [4.78, 5) is 31.3. The van der Waals surface area contributed by atoms with Crippen molar-refractivity contribution in [3.63, 3.8) is 0 Å². The first kappa shape index (κ1) is 22.2. The molecule has 0 radical (unpaired) electrons. The molecule has 7 atom stereocenters. The third-order valence-corrected chi connectivity index (χ3v) is 7.68. The Hall–Kier alpha value is -2.64. The number of rotatable bonds is 5. The van der Waals surface area contributed by atoms with Crippen molar-refractivity contribution in [3.8, 4) is 6.07 Å². The first-order chi connectivity index (χ1) is 15.6. The van der Waals surface area contributed by atoms with Crippen molar-refractivity contribution < 1.29 is 22.8 Å². The zero-order chi connectivity index (χ0) is 23.7. The Morgan fingerprint density at radius 2 is 2.06 bits per heavy atom. The first-order valence-corrected chi connectivity index (χ1v) is 11.3. The minimum absolute atomic E-state index is 0.119. The third-order valence-electron chi connectivity index (χ3n) is 7.68. The molecule has 3 heterocycles. The highest BCUT2D eigenvalue weighted by Crippen LogP contribution is 2.48. The number of hydrogen-bond donors (Lipinski definition) is 1. The van der Waals surface area contributed by atoms with Crippen LogP contribution in [0.4, 0.5) is 13.2 Å². The Balaban J connectivity index is 1.24. The van der Waals surface area contributed by atoms with E-state index in [9.17, 15) is 28.0 Å². The van der Waals surface area contributed by atoms with Crippen molar-refractivity contribution in [3.05, 3.63) is 35.4 Å². The van der Waals surface area contributed by atoms with Crippen LogP contribution in [0.5, 0.6) is 0 Å². The van der Waals surface area contributed by atoms with Gasteiger partial charge in [-0.1, -0.05) is 12.1 Å². The molecule has 4 fully saturated rings. The molecule has 1 saturated carbocycles. The number of nitrogens with zero attached hydrogens (tertiary/aromatic N) is 4. The molecule has 2 amide bonds. The first-order valence-electron chi connectivity index (χ1n) is 11.3. The van der Waals surface area contributed by atoms with Crippen molar-refractivity contribution in [1.29, 1.82) is 5.26 Å². The molecule has 0 spiro atoms. The van der Waals surface area contributed by atoms with Crippen molar-refractivity contribution >= 4 is 11.8 Å². The number of halogens is 3. The van der Waals surface area contributed by atoms with Crippen LogP contribution in [0, 0.1) is 17.2 Å². The summed E-state index contributed by atoms with van der Waals surface area (Å²) < 4.78 is 39.3. The zero-order valence-corrected chi connectivity index (χ0v) is 18.2. The molecular weight excluding hydrogens is 435 g/mol. The monoisotopic (exact) mass is 461 g/mol. The van der Waals surface area contributed by atoms with E-state index in [-0.39, 0.29) is 30.4 Å². The topological polar surface area (TPSA) is 93.7 Å². The van der Waals surface area contributed by atoms with Gasteiger partial charge in [-0.3, -0.25) is 14.5 Å². The number of benzene rings is 1. The number of fused-ring (bicyclic) bond motifs is 3. The summed E-state index contributed by atoms with van der Waals surface area (Å²) >= 11 is 0. The standard InChI is InChI=1S/C23H26F3N5O2/c1-12(13-3-2-4-15(5-13)23(24,25)26)30-17-8-20(22(30)33)29(10-17)11-18(28)21(32)31-16(9-27)6-14-7-19(14)31/h2-5,12,14,16-20H,6-8,10-11,28H2,1H3/t12-,14-,16+,17?,18+,19?,20+/m1/s1. The van der Waals surface area contributed by atoms with Crippen LogP contribution in [0.25, 0.3) is 0 Å². The number of alkyl halides is 3. The number of carbonyl (C=O) groups is 2. The molecule has 7 nitrogen and oxygen atoms in total. The van der Waals surface area contributed by atoms with E-state index in [0.29, 0.717) is 30.9 Å². The largest absolute Gasteiger partial charge is 0.416 e. The molecule has 10 heteroatoms. The maximum absolute atomic E-state index is 13.1. The SMILES string of the molecule is C[C@H](c1cccc(C(F)(F)F)c1)N1C(=O)[C@@H]2CC1CN2C[C@H](N)C(=O)N1C2C[C@H]2C[C@H]1C#N. The predicted molar refractivity (Wildman–Crippen MR) is 111 cm³/mol. The molecule has 0 aromatic heterocycles. The lowest BCUT2D eigenvalue weighted by Gasteiger charge is -2.38. The van der Waals surface area contributed by atoms with Gasteiger partial charge in [-0.15, -0.1) is 0 Å². The Morgan fingerprint density at radius 3 is 2.73 bits per heavy atom. The Morgan fingerprint density at radius 1 is 1.30 bits per heavy atom. The number of amides is 2. The second kappa shape index (κ2) is 7.71. The van der Waals surface area contributed by atoms with Crippen LogP contribution in [-0.2, 0) is 15.8 Å². The average molecular weight is 461 g/mol. The average Bonchev–Trinajstić information content (AvgIpc) is 3.11. The zero-order valence-electron chi connectivity index (χ0n) is 18.2. The minimum atomic E-state index is -4.44. The third kappa shape index (κ3) is 3.67. The normalized spacial score (nSPS) is 32.6. The maximum atomic E-state index is 13.1. The number of piperidine rings is 1. The molecule has 3 aliphatic heterocycles. The van der Waals surface area contributed by atoms with Gasteiger partial charge in [0.15, 0.2) is 0 Å². The number of nitriles is 1. The van der Waals surface area contributed by atoms with E-state index in [1.165, 1.54) is 6.07 Å². The molecule has 1 aliphatic carbocycles. The van der Waals surface area contributed by atoms with Gasteiger partial charge in [0.1, 0.15) is 6.04 Å². The molecule has 33 heavy (non-hydrogen) atoms. The van der Waals surface area contributed by atoms with Gasteiger partial charge in [-0.05, 0) is 49.8 Å². The van der Waals surface area contributed by atoms with E-state index < -0.39 is 35.9 Å². The van der Waals surface area contributed by atoms with Crippen LogP contribution in [0.3, 0.4) is 0 Å². The van der Waals surface area contributed by atoms with Gasteiger partial charge in [0, 0.05) is 25.2 Å². The molecular formula is C23H26F3N5O2. The van der Waals surface area contributed by atoms with Crippen LogP contribution in [0.1, 0.15) is 43.4 Å². The van der Waals surface area contributed by atoms with Gasteiger partial charge in [0.25, 0.3) is 0 Å². The summed E-state index contributed by atoms with van der Waals surface area (Å²) in [5, 5.41) is 9.34. The number of likely N-dealkylation sites (tertiary alicyclic amines) is 3. The van der Waals surface area contributed by atoms with Crippen molar-refractivity contribution in [2.45, 2.75) is 68.6 Å². The molecule has 176 valence electrons. The Bertz CT molecular complexity index is 1020. The van der Waals surface area contributed by atoms with Crippen LogP contribution >= 0.6 is 0 Å². The molecule has 2 N–H and O–H groups in total. The van der Waals surface area contributed by atoms with Gasteiger partial charge in [0.05, 0.1) is 29.8 Å². The molecule has 2 unspecified atom stereocenters. The molecule has 1 aromatic carbocycles. The summed E-state index contributed by atoms with van der Waals surface area (Å²) in [6.45, 7) is 2.49. The highest BCUT2D eigenvalue weighted by molar-refractivity contribution is 5.87. The van der Waals surface area contributed by atoms with Crippen LogP contribution in [0.15, 0.2) is 24.3 Å². The fourth-order valence-corrected chi connectivity index (χ4v) is 5.95. The van der Waals surface area contributed by atoms with E-state index in [2.05, 4.69) is 6.07 Å². The summed E-state index contributed by atoms with van der Waals surface area (Å²) in [7, 11) is 0. The fraction of sp³-hybridized carbons (Fsp3) is 0.609. The quantitative estimate of drug-likeness (QED) is 0.723. The van der Waals surface area contributed by atoms with Crippen molar-refractivity contribution in [2.75, 3.05) is 13.1 Å². The van der Waals surface area contributed by atoms with E-state index in [1.807, 2.05) is 4.90 Å². The molecule has 1 aromatic rings. The number of hydrogen-bond acceptors (Lipinski definition) is 5. The second-order valence-corrected chi connectivity index (χ2v) is 9.70. The van der Waals surface area contributed by atoms with Gasteiger partial charge in [0.2, 0.25) is 11.8 Å². The molecule has 3 saturated heterocycles. The number of piperazine rings is 1. The van der Waals surface area contributed by atoms with E-state index in [0.717, 1.165) is 18.6 Å². The number of nitrogens with two attached hydrogens (primary N) is 1. The molecule has 5 rings (SSSR count). The summed E-state index contributed by atoms with van der Waals surface area (Å²) in [5.74, 6) is 0.0196. The van der Waals surface area contributed by atoms with Crippen molar-refractivity contribution in [1.82, 2.24) is 14.7 Å². The molecule has 2 bridgehead atoms. The minimum Gasteiger partial charge on any atom is -0.330 e. The van der Waals surface area contributed by atoms with Gasteiger partial charge >= 0.3 is 6.18 Å². The van der Waals surface area contributed by atoms with Crippen LogP contribution in [-0.4, -0.2) is 69.8 Å². The lowest BCUT2D eigenvalue weighted by atomic mass is 10.0.